The van der Waals surface area contributed by atoms with Crippen molar-refractivity contribution in [3.05, 3.63) is 0 Å². The molecule has 9 N–H and O–H groups in total. The Hall–Kier alpha value is -0.450. The molecule has 0 saturated heterocycles. The number of hydrogen-bond acceptors (Lipinski definition) is 5. The number of carboxylic acids is 1. The fraction of sp³-hybridized carbons (Fsp3) is 0.833. The van der Waals surface area contributed by atoms with Gasteiger partial charge in [0.1, 0.15) is 6.04 Å². The van der Waals surface area contributed by atoms with Crippen molar-refractivity contribution in [3.63, 3.8) is 0 Å². The van der Waals surface area contributed by atoms with E-state index in [1.54, 1.807) is 0 Å². The standard InChI is InChI=1S/C6H14N2O2.2FH2O3P/c7-4-2-1-3-5(8)6(9)10;2*1-5(2,3)4/h5H,1-4,7-8H2,(H,9,10);2*(H2,2,3,4). The molecule has 0 rings (SSSR count). The van der Waals surface area contributed by atoms with Gasteiger partial charge in [0.05, 0.1) is 0 Å². The number of halogens is 2. The number of nitrogens with two attached hydrogens (primary N) is 2. The van der Waals surface area contributed by atoms with Crippen LogP contribution in [0.3, 0.4) is 0 Å². The second-order valence-corrected chi connectivity index (χ2v) is 5.07. The minimum absolute atomic E-state index is 0.520. The molecule has 124 valence electrons. The molecule has 0 fully saturated rings. The molecule has 1 unspecified atom stereocenters. The zero-order valence-corrected chi connectivity index (χ0v) is 12.0. The first-order valence-corrected chi connectivity index (χ1v) is 7.88. The van der Waals surface area contributed by atoms with Crippen LogP contribution in [0.2, 0.25) is 0 Å². The van der Waals surface area contributed by atoms with Crippen molar-refractivity contribution >= 4 is 21.8 Å². The molecule has 20 heavy (non-hydrogen) atoms. The summed E-state index contributed by atoms with van der Waals surface area (Å²) in [5.74, 6) is -0.933. The average molecular weight is 346 g/mol. The van der Waals surface area contributed by atoms with E-state index in [4.69, 9.17) is 45.3 Å². The molecule has 0 aliphatic heterocycles. The van der Waals surface area contributed by atoms with Gasteiger partial charge in [-0.25, -0.2) is 9.13 Å². The molecule has 14 heteroatoms. The van der Waals surface area contributed by atoms with Crippen LogP contribution in [0.25, 0.3) is 0 Å². The van der Waals surface area contributed by atoms with Crippen LogP contribution >= 0.6 is 15.8 Å². The van der Waals surface area contributed by atoms with Crippen molar-refractivity contribution in [1.82, 2.24) is 0 Å². The Morgan fingerprint density at radius 3 is 1.55 bits per heavy atom. The number of hydrogen-bond donors (Lipinski definition) is 7. The first-order chi connectivity index (χ1) is 8.68. The van der Waals surface area contributed by atoms with Crippen LogP contribution in [0.5, 0.6) is 0 Å². The Morgan fingerprint density at radius 2 is 1.35 bits per heavy atom. The van der Waals surface area contributed by atoms with Gasteiger partial charge in [0.15, 0.2) is 0 Å². The molecular weight excluding hydrogens is 328 g/mol. The predicted molar refractivity (Wildman–Crippen MR) is 64.8 cm³/mol. The maximum Gasteiger partial charge on any atom is 0.507 e. The van der Waals surface area contributed by atoms with Crippen LogP contribution in [0.4, 0.5) is 8.39 Å². The molecule has 0 aromatic heterocycles. The molecule has 0 aliphatic carbocycles. The highest BCUT2D eigenvalue weighted by atomic mass is 31.2. The first kappa shape index (κ1) is 24.6. The minimum Gasteiger partial charge on any atom is -0.480 e. The van der Waals surface area contributed by atoms with Crippen LogP contribution in [0, 0.1) is 0 Å². The molecule has 1 atom stereocenters. The van der Waals surface area contributed by atoms with Crippen molar-refractivity contribution in [2.75, 3.05) is 6.54 Å². The van der Waals surface area contributed by atoms with Crippen LogP contribution in [0.15, 0.2) is 0 Å². The van der Waals surface area contributed by atoms with Crippen LogP contribution in [-0.2, 0) is 13.9 Å². The fourth-order valence-electron chi connectivity index (χ4n) is 0.632. The average Bonchev–Trinajstić information content (AvgIpc) is 2.12. The van der Waals surface area contributed by atoms with Gasteiger partial charge in [-0.2, -0.15) is 0 Å². The second-order valence-electron chi connectivity index (χ2n) is 3.18. The smallest absolute Gasteiger partial charge is 0.480 e. The third kappa shape index (κ3) is 65.8. The van der Waals surface area contributed by atoms with Gasteiger partial charge in [-0.05, 0) is 19.4 Å². The maximum atomic E-state index is 10.4. The lowest BCUT2D eigenvalue weighted by molar-refractivity contribution is -0.138. The molecule has 0 aromatic carbocycles. The monoisotopic (exact) mass is 346 g/mol. The molecule has 0 spiro atoms. The normalized spacial score (nSPS) is 12.4. The summed E-state index contributed by atoms with van der Waals surface area (Å²) in [6.45, 7) is 0.604. The van der Waals surface area contributed by atoms with E-state index in [0.717, 1.165) is 12.8 Å². The Labute approximate surface area is 113 Å². The largest absolute Gasteiger partial charge is 0.507 e. The van der Waals surface area contributed by atoms with Crippen molar-refractivity contribution in [2.45, 2.75) is 25.3 Å². The summed E-state index contributed by atoms with van der Waals surface area (Å²) < 4.78 is 38.0. The Balaban J connectivity index is -0.000000244. The number of rotatable bonds is 5. The SMILES string of the molecule is NCCCCC(N)C(=O)O.O=P(O)(O)F.O=P(O)(O)F. The Morgan fingerprint density at radius 1 is 1.05 bits per heavy atom. The van der Waals surface area contributed by atoms with Crippen LogP contribution in [-0.4, -0.2) is 43.2 Å². The van der Waals surface area contributed by atoms with E-state index >= 15 is 0 Å². The molecule has 0 amide bonds. The van der Waals surface area contributed by atoms with E-state index in [-0.39, 0.29) is 0 Å². The minimum atomic E-state index is -5.14. The molecule has 0 saturated carbocycles. The summed E-state index contributed by atoms with van der Waals surface area (Å²) in [5.41, 5.74) is 10.4. The number of carbonyl (C=O) groups is 1. The van der Waals surface area contributed by atoms with E-state index in [0.29, 0.717) is 13.0 Å². The summed E-state index contributed by atoms with van der Waals surface area (Å²) in [5, 5.41) is 8.33. The third-order valence-electron chi connectivity index (χ3n) is 1.29. The molecule has 0 radical (unpaired) electrons. The summed E-state index contributed by atoms with van der Waals surface area (Å²) in [7, 11) is -10.3. The van der Waals surface area contributed by atoms with Gasteiger partial charge in [0.25, 0.3) is 0 Å². The Kier molecular flexibility index (Phi) is 15.1. The van der Waals surface area contributed by atoms with Gasteiger partial charge in [0.2, 0.25) is 0 Å². The van der Waals surface area contributed by atoms with E-state index in [9.17, 15) is 13.2 Å². The molecule has 0 heterocycles. The third-order valence-corrected chi connectivity index (χ3v) is 1.29. The zero-order chi connectivity index (χ0) is 17.0. The van der Waals surface area contributed by atoms with Gasteiger partial charge in [-0.3, -0.25) is 24.4 Å². The van der Waals surface area contributed by atoms with Gasteiger partial charge >= 0.3 is 21.8 Å². The topological polar surface area (TPSA) is 204 Å². The summed E-state index contributed by atoms with van der Waals surface area (Å²) in [6.07, 6.45) is 2.16. The van der Waals surface area contributed by atoms with Gasteiger partial charge in [-0.15, -0.1) is 8.39 Å². The molecule has 0 aromatic rings. The van der Waals surface area contributed by atoms with Gasteiger partial charge in [0, 0.05) is 0 Å². The molecule has 0 bridgehead atoms. The van der Waals surface area contributed by atoms with E-state index in [2.05, 4.69) is 0 Å². The predicted octanol–water partition coefficient (Wildman–Crippen LogP) is -0.375. The number of unbranched alkanes of at least 4 members (excludes halogenated alkanes) is 1. The summed E-state index contributed by atoms with van der Waals surface area (Å²) in [6, 6.07) is -0.716. The van der Waals surface area contributed by atoms with E-state index in [1.807, 2.05) is 0 Å². The molecule has 10 nitrogen and oxygen atoms in total. The Bertz CT molecular complexity index is 309. The molecule has 0 aliphatic rings. The number of carboxylic acid groups (broad SMARTS) is 1. The maximum absolute atomic E-state index is 10.4. The van der Waals surface area contributed by atoms with E-state index < -0.39 is 27.8 Å². The highest BCUT2D eigenvalue weighted by molar-refractivity contribution is 7.46. The highest BCUT2D eigenvalue weighted by Gasteiger charge is 2.09. The van der Waals surface area contributed by atoms with Gasteiger partial charge < -0.3 is 16.6 Å². The lowest BCUT2D eigenvalue weighted by Crippen LogP contribution is -2.29. The zero-order valence-electron chi connectivity index (χ0n) is 10.2. The fourth-order valence-corrected chi connectivity index (χ4v) is 0.632. The summed E-state index contributed by atoms with van der Waals surface area (Å²) >= 11 is 0. The summed E-state index contributed by atoms with van der Waals surface area (Å²) in [4.78, 5) is 38.0. The lowest BCUT2D eigenvalue weighted by Gasteiger charge is -2.03. The second kappa shape index (κ2) is 12.3. The lowest BCUT2D eigenvalue weighted by atomic mass is 10.1. The van der Waals surface area contributed by atoms with Crippen molar-refractivity contribution in [3.8, 4) is 0 Å². The van der Waals surface area contributed by atoms with Crippen LogP contribution < -0.4 is 11.5 Å². The van der Waals surface area contributed by atoms with Crippen molar-refractivity contribution in [1.29, 1.82) is 0 Å². The van der Waals surface area contributed by atoms with Crippen LogP contribution in [0.1, 0.15) is 19.3 Å². The van der Waals surface area contributed by atoms with E-state index in [1.165, 1.54) is 0 Å². The first-order valence-electron chi connectivity index (χ1n) is 4.87. The van der Waals surface area contributed by atoms with Crippen molar-refractivity contribution in [2.24, 2.45) is 11.5 Å². The molecular formula is C6H18F2N2O8P2. The quantitative estimate of drug-likeness (QED) is 0.254. The van der Waals surface area contributed by atoms with Crippen molar-refractivity contribution < 1.29 is 47.0 Å². The van der Waals surface area contributed by atoms with Gasteiger partial charge in [-0.1, -0.05) is 6.42 Å². The number of aliphatic carboxylic acids is 1. The highest BCUT2D eigenvalue weighted by Crippen LogP contribution is 2.35.